The molecule has 1 aliphatic heterocycles. The number of aromatic nitrogens is 2. The van der Waals surface area contributed by atoms with Gasteiger partial charge in [0.2, 0.25) is 5.91 Å². The first kappa shape index (κ1) is 41.8. The Bertz CT molecular complexity index is 1720. The number of benzene rings is 2. The topological polar surface area (TPSA) is 129 Å². The quantitative estimate of drug-likeness (QED) is 0.108. The Kier molecular flexibility index (Phi) is 16.9. The predicted octanol–water partition coefficient (Wildman–Crippen LogP) is 6.20. The van der Waals surface area contributed by atoms with Crippen molar-refractivity contribution in [3.05, 3.63) is 104 Å². The molecular weight excluding hydrogens is 735 g/mol. The monoisotopic (exact) mass is 789 g/mol. The van der Waals surface area contributed by atoms with E-state index in [2.05, 4.69) is 58.6 Å². The number of carbonyl (C=O) groups is 3. The molecular formula is C41H55N7O5S2. The van der Waals surface area contributed by atoms with Crippen LogP contribution in [-0.4, -0.2) is 108 Å². The van der Waals surface area contributed by atoms with Crippen molar-refractivity contribution in [2.24, 2.45) is 5.92 Å². The molecule has 12 nitrogen and oxygen atoms in total. The second-order valence-electron chi connectivity index (χ2n) is 14.4. The summed E-state index contributed by atoms with van der Waals surface area (Å²) in [6.45, 7) is 9.11. The largest absolute Gasteiger partial charge is 0.444 e. The van der Waals surface area contributed by atoms with Gasteiger partial charge >= 0.3 is 12.1 Å². The summed E-state index contributed by atoms with van der Waals surface area (Å²) in [6.07, 6.45) is 4.04. The molecule has 0 radical (unpaired) electrons. The number of carbonyl (C=O) groups excluding carboxylic acids is 3. The molecule has 0 bridgehead atoms. The number of ether oxygens (including phenoxy) is 2. The molecule has 2 N–H and O–H groups in total. The first-order chi connectivity index (χ1) is 26.7. The second-order valence-corrected chi connectivity index (χ2v) is 16.2. The van der Waals surface area contributed by atoms with Crippen LogP contribution >= 0.6 is 22.7 Å². The molecule has 1 saturated heterocycles. The Morgan fingerprint density at radius 2 is 1.67 bits per heavy atom. The fourth-order valence-corrected chi connectivity index (χ4v) is 7.73. The number of morpholine rings is 1. The molecule has 3 heterocycles. The van der Waals surface area contributed by atoms with Gasteiger partial charge in [0.15, 0.2) is 0 Å². The molecule has 4 amide bonds. The molecule has 2 aromatic carbocycles. The molecule has 14 heteroatoms. The number of hydrogen-bond donors (Lipinski definition) is 2. The summed E-state index contributed by atoms with van der Waals surface area (Å²) in [6, 6.07) is 19.9. The molecule has 0 saturated carbocycles. The van der Waals surface area contributed by atoms with Crippen molar-refractivity contribution < 1.29 is 23.9 Å². The smallest absolute Gasteiger partial charge is 0.407 e. The van der Waals surface area contributed by atoms with Crippen LogP contribution in [-0.2, 0) is 40.3 Å². The molecule has 296 valence electrons. The summed E-state index contributed by atoms with van der Waals surface area (Å²) < 4.78 is 11.1. The third-order valence-electron chi connectivity index (χ3n) is 9.60. The first-order valence-corrected chi connectivity index (χ1v) is 20.9. The molecule has 5 rings (SSSR count). The van der Waals surface area contributed by atoms with Gasteiger partial charge in [-0.1, -0.05) is 74.5 Å². The Hall–Kier alpha value is -4.37. The highest BCUT2D eigenvalue weighted by atomic mass is 32.1. The van der Waals surface area contributed by atoms with Crippen molar-refractivity contribution in [3.8, 4) is 0 Å². The van der Waals surface area contributed by atoms with Gasteiger partial charge in [-0.15, -0.1) is 22.7 Å². The highest BCUT2D eigenvalue weighted by Crippen LogP contribution is 2.21. The van der Waals surface area contributed by atoms with Crippen LogP contribution in [0.1, 0.15) is 59.3 Å². The van der Waals surface area contributed by atoms with Crippen LogP contribution in [0.5, 0.6) is 0 Å². The normalized spacial score (nSPS) is 14.3. The number of hydrogen-bond acceptors (Lipinski definition) is 10. The minimum atomic E-state index is -0.470. The summed E-state index contributed by atoms with van der Waals surface area (Å²) in [4.78, 5) is 55.7. The summed E-state index contributed by atoms with van der Waals surface area (Å²) in [5, 5.41) is 9.34. The zero-order valence-corrected chi connectivity index (χ0v) is 33.9. The molecule has 0 spiro atoms. The molecule has 0 aliphatic carbocycles. The number of alkyl carbamates (subject to hydrolysis) is 1. The van der Waals surface area contributed by atoms with E-state index in [1.807, 2.05) is 41.8 Å². The first-order valence-electron chi connectivity index (χ1n) is 19.1. The van der Waals surface area contributed by atoms with Gasteiger partial charge in [-0.3, -0.25) is 14.7 Å². The Balaban J connectivity index is 1.24. The number of likely N-dealkylation sites (N-methyl/N-ethyl adjacent to an activating group) is 1. The summed E-state index contributed by atoms with van der Waals surface area (Å²) >= 11 is 3.05. The fourth-order valence-electron chi connectivity index (χ4n) is 6.40. The maximum atomic E-state index is 14.0. The lowest BCUT2D eigenvalue weighted by Gasteiger charge is -2.31. The van der Waals surface area contributed by atoms with E-state index in [0.717, 1.165) is 47.1 Å². The van der Waals surface area contributed by atoms with Gasteiger partial charge in [-0.25, -0.2) is 14.6 Å². The average Bonchev–Trinajstić information content (AvgIpc) is 3.91. The molecule has 1 aliphatic rings. The van der Waals surface area contributed by atoms with Crippen LogP contribution in [0.25, 0.3) is 0 Å². The molecule has 1 fully saturated rings. The number of thiazole rings is 2. The van der Waals surface area contributed by atoms with Gasteiger partial charge in [0, 0.05) is 63.3 Å². The van der Waals surface area contributed by atoms with E-state index >= 15 is 0 Å². The van der Waals surface area contributed by atoms with Gasteiger partial charge in [0.05, 0.1) is 40.8 Å². The number of amides is 4. The van der Waals surface area contributed by atoms with Gasteiger partial charge < -0.3 is 29.9 Å². The number of urea groups is 1. The SMILES string of the molecule is CC(C)c1nc(CN(C)C(=O)CN(CCN2CCOCC2)C(=O)NC[C@H](CC[C@H](Cc2ccccc2)NC(=O)OCc2cncs2)Cc2ccccc2)cs1. The van der Waals surface area contributed by atoms with Gasteiger partial charge in [0.25, 0.3) is 0 Å². The summed E-state index contributed by atoms with van der Waals surface area (Å²) in [7, 11) is 1.76. The highest BCUT2D eigenvalue weighted by molar-refractivity contribution is 7.09. The number of rotatable bonds is 20. The zero-order chi connectivity index (χ0) is 38.8. The van der Waals surface area contributed by atoms with Gasteiger partial charge in [0.1, 0.15) is 13.2 Å². The fraction of sp³-hybridized carbons (Fsp3) is 0.488. The Morgan fingerprint density at radius 1 is 0.964 bits per heavy atom. The van der Waals surface area contributed by atoms with E-state index in [1.54, 1.807) is 39.9 Å². The van der Waals surface area contributed by atoms with Crippen molar-refractivity contribution in [2.75, 3.05) is 59.5 Å². The average molecular weight is 790 g/mol. The number of nitrogens with one attached hydrogen (secondary N) is 2. The van der Waals surface area contributed by atoms with Crippen LogP contribution in [0.4, 0.5) is 9.59 Å². The van der Waals surface area contributed by atoms with E-state index in [-0.39, 0.29) is 37.0 Å². The van der Waals surface area contributed by atoms with Crippen molar-refractivity contribution in [2.45, 2.75) is 64.6 Å². The lowest BCUT2D eigenvalue weighted by Crippen LogP contribution is -2.50. The third kappa shape index (κ3) is 14.7. The van der Waals surface area contributed by atoms with E-state index in [1.165, 1.54) is 16.9 Å². The van der Waals surface area contributed by atoms with Gasteiger partial charge in [-0.2, -0.15) is 0 Å². The zero-order valence-electron chi connectivity index (χ0n) is 32.2. The van der Waals surface area contributed by atoms with Crippen LogP contribution < -0.4 is 10.6 Å². The van der Waals surface area contributed by atoms with E-state index in [9.17, 15) is 14.4 Å². The maximum Gasteiger partial charge on any atom is 0.407 e. The van der Waals surface area contributed by atoms with Crippen LogP contribution in [0.15, 0.2) is 77.8 Å². The van der Waals surface area contributed by atoms with Crippen molar-refractivity contribution in [1.29, 1.82) is 0 Å². The number of nitrogens with zero attached hydrogens (tertiary/aromatic N) is 5. The molecule has 2 aromatic heterocycles. The maximum absolute atomic E-state index is 14.0. The lowest BCUT2D eigenvalue weighted by molar-refractivity contribution is -0.131. The molecule has 2 atom stereocenters. The highest BCUT2D eigenvalue weighted by Gasteiger charge is 2.24. The summed E-state index contributed by atoms with van der Waals surface area (Å²) in [5.74, 6) is 0.250. The Morgan fingerprint density at radius 3 is 2.33 bits per heavy atom. The van der Waals surface area contributed by atoms with Crippen molar-refractivity contribution in [1.82, 2.24) is 35.3 Å². The van der Waals surface area contributed by atoms with E-state index < -0.39 is 6.09 Å². The molecule has 0 unspecified atom stereocenters. The van der Waals surface area contributed by atoms with Gasteiger partial charge in [-0.05, 0) is 42.7 Å². The standard InChI is InChI=1S/C41H55N7O5S2/c1-31(2)39-44-36(29-54-39)26-46(3)38(49)27-48(17-16-47-18-20-52-21-19-47)40(50)43-24-34(22-32-10-6-4-7-11-32)14-15-35(23-33-12-8-5-9-13-33)45-41(51)53-28-37-25-42-30-55-37/h4-13,25,29-31,34-35H,14-24,26-28H2,1-3H3,(H,43,50)(H,45,51)/t34-,35-/m1/s1. The third-order valence-corrected chi connectivity index (χ3v) is 11.5. The second kappa shape index (κ2) is 22.2. The molecule has 55 heavy (non-hydrogen) atoms. The van der Waals surface area contributed by atoms with Crippen LogP contribution in [0.2, 0.25) is 0 Å². The Labute approximate surface area is 333 Å². The lowest BCUT2D eigenvalue weighted by atomic mass is 9.91. The van der Waals surface area contributed by atoms with Crippen LogP contribution in [0.3, 0.4) is 0 Å². The predicted molar refractivity (Wildman–Crippen MR) is 217 cm³/mol. The van der Waals surface area contributed by atoms with Crippen LogP contribution in [0, 0.1) is 5.92 Å². The molecule has 4 aromatic rings. The van der Waals surface area contributed by atoms with Crippen molar-refractivity contribution >= 4 is 40.7 Å². The van der Waals surface area contributed by atoms with E-state index in [0.29, 0.717) is 58.2 Å². The van der Waals surface area contributed by atoms with Crippen molar-refractivity contribution in [3.63, 3.8) is 0 Å². The minimum absolute atomic E-state index is 0.0378. The summed E-state index contributed by atoms with van der Waals surface area (Å²) in [5.41, 5.74) is 4.85. The van der Waals surface area contributed by atoms with E-state index in [4.69, 9.17) is 14.5 Å². The minimum Gasteiger partial charge on any atom is -0.444 e.